The highest BCUT2D eigenvalue weighted by Gasteiger charge is 2.41. The molecule has 1 heterocycles. The number of ketones is 1. The number of hydrogen-bond acceptors (Lipinski definition) is 11. The quantitative estimate of drug-likeness (QED) is 0.132. The molecule has 1 aliphatic carbocycles. The molecule has 0 saturated heterocycles. The first-order chi connectivity index (χ1) is 24.3. The molecule has 5 rings (SSSR count). The van der Waals surface area contributed by atoms with Crippen molar-refractivity contribution in [3.63, 3.8) is 0 Å². The number of para-hydroxylation sites is 1. The highest BCUT2D eigenvalue weighted by Crippen LogP contribution is 2.48. The number of non-ortho nitro benzene ring substituents is 1. The van der Waals surface area contributed by atoms with Crippen LogP contribution < -0.4 is 14.2 Å². The number of halogens is 1. The number of rotatable bonds is 13. The molecule has 3 atom stereocenters. The van der Waals surface area contributed by atoms with E-state index in [1.807, 2.05) is 0 Å². The fraction of sp³-hybridized carbons (Fsp3) is 0.343. The van der Waals surface area contributed by atoms with Gasteiger partial charge in [-0.1, -0.05) is 31.5 Å². The second kappa shape index (κ2) is 15.4. The lowest BCUT2D eigenvalue weighted by Gasteiger charge is -2.35. The molecule has 0 bridgehead atoms. The minimum absolute atomic E-state index is 0.0104. The Morgan fingerprint density at radius 1 is 1.06 bits per heavy atom. The number of ether oxygens (including phenoxy) is 2. The van der Waals surface area contributed by atoms with E-state index in [0.717, 1.165) is 30.7 Å². The third-order valence-electron chi connectivity index (χ3n) is 8.77. The molecular weight excluding hydrogens is 746 g/mol. The summed E-state index contributed by atoms with van der Waals surface area (Å²) in [6, 6.07) is 14.4. The van der Waals surface area contributed by atoms with Gasteiger partial charge in [-0.15, -0.1) is 0 Å². The Balaban J connectivity index is 1.46. The molecule has 1 N–H and O–H groups in total. The fourth-order valence-electron chi connectivity index (χ4n) is 6.53. The van der Waals surface area contributed by atoms with Gasteiger partial charge in [0.1, 0.15) is 6.61 Å². The van der Waals surface area contributed by atoms with E-state index in [1.54, 1.807) is 44.2 Å². The number of hydrogen-bond donors (Lipinski definition) is 1. The van der Waals surface area contributed by atoms with Crippen LogP contribution in [0.25, 0.3) is 0 Å². The molecule has 1 aliphatic heterocycles. The number of sulfonamides is 1. The summed E-state index contributed by atoms with van der Waals surface area (Å²) in [6.07, 6.45) is 2.94. The van der Waals surface area contributed by atoms with E-state index < -0.39 is 48.0 Å². The van der Waals surface area contributed by atoms with Crippen LogP contribution in [0.1, 0.15) is 63.5 Å². The third-order valence-corrected chi connectivity index (χ3v) is 10.8. The molecular formula is C35H34BrN5O9S. The predicted molar refractivity (Wildman–Crippen MR) is 191 cm³/mol. The summed E-state index contributed by atoms with van der Waals surface area (Å²) in [7, 11) is -4.59. The third kappa shape index (κ3) is 7.79. The van der Waals surface area contributed by atoms with Gasteiger partial charge in [-0.25, -0.2) is 8.42 Å². The van der Waals surface area contributed by atoms with Crippen LogP contribution in [0.3, 0.4) is 0 Å². The number of Topliss-reactive ketones (excluding diaryl/α,β-unsaturated/α-hetero) is 1. The molecule has 2 aliphatic rings. The number of allylic oxidation sites excluding steroid dienone is 2. The molecule has 266 valence electrons. The van der Waals surface area contributed by atoms with Crippen LogP contribution in [0.4, 0.5) is 17.1 Å². The standard InChI is InChI=1S/C35H34BrN5O9S/c1-4-8-21-13-28-34(30(42)14-21)33(25(18-37)20(3)38-28)23-15-26(36)35(31(16-23)49-5-2)50-19-22-9-6-7-10-27(22)39-51(47,48)32-12-11-24(40(43)44)17-29(32)41(45)46/h6-7,9-12,15-17,21,25,33,39H,4-5,8,13-14,19H2,1-3H3. The minimum Gasteiger partial charge on any atom is -0.490 e. The molecule has 0 saturated carbocycles. The maximum absolute atomic E-state index is 13.6. The van der Waals surface area contributed by atoms with Crippen LogP contribution >= 0.6 is 15.9 Å². The summed E-state index contributed by atoms with van der Waals surface area (Å²) in [5.41, 5.74) is 1.42. The maximum atomic E-state index is 13.6. The van der Waals surface area contributed by atoms with Gasteiger partial charge in [0.2, 0.25) is 0 Å². The van der Waals surface area contributed by atoms with Gasteiger partial charge in [-0.3, -0.25) is 34.7 Å². The van der Waals surface area contributed by atoms with Crippen LogP contribution in [-0.4, -0.2) is 36.4 Å². The monoisotopic (exact) mass is 779 g/mol. The zero-order chi connectivity index (χ0) is 37.0. The number of anilines is 1. The summed E-state index contributed by atoms with van der Waals surface area (Å²) in [4.78, 5) is 38.5. The molecule has 0 aromatic heterocycles. The number of benzene rings is 3. The minimum atomic E-state index is -4.59. The van der Waals surface area contributed by atoms with Gasteiger partial charge in [0, 0.05) is 41.0 Å². The zero-order valence-electron chi connectivity index (χ0n) is 27.9. The molecule has 3 aromatic carbocycles. The molecule has 0 spiro atoms. The van der Waals surface area contributed by atoms with Gasteiger partial charge in [-0.05, 0) is 78.4 Å². The molecule has 0 radical (unpaired) electrons. The highest BCUT2D eigenvalue weighted by molar-refractivity contribution is 9.10. The Bertz CT molecular complexity index is 2130. The number of nitriles is 1. The van der Waals surface area contributed by atoms with Crippen molar-refractivity contribution in [1.29, 1.82) is 5.26 Å². The molecule has 3 unspecified atom stereocenters. The summed E-state index contributed by atoms with van der Waals surface area (Å²) in [5.74, 6) is -0.437. The van der Waals surface area contributed by atoms with Crippen molar-refractivity contribution in [2.45, 2.75) is 63.9 Å². The van der Waals surface area contributed by atoms with Gasteiger partial charge < -0.3 is 9.47 Å². The van der Waals surface area contributed by atoms with Crippen LogP contribution in [0.2, 0.25) is 0 Å². The lowest BCUT2D eigenvalue weighted by Crippen LogP contribution is -2.32. The average molecular weight is 781 g/mol. The van der Waals surface area contributed by atoms with Crippen molar-refractivity contribution in [3.8, 4) is 17.6 Å². The van der Waals surface area contributed by atoms with E-state index in [2.05, 4.69) is 33.6 Å². The van der Waals surface area contributed by atoms with Gasteiger partial charge in [0.25, 0.3) is 21.4 Å². The lowest BCUT2D eigenvalue weighted by atomic mass is 9.70. The van der Waals surface area contributed by atoms with Gasteiger partial charge in [0.05, 0.1) is 44.7 Å². The molecule has 14 nitrogen and oxygen atoms in total. The highest BCUT2D eigenvalue weighted by atomic mass is 79.9. The molecule has 16 heteroatoms. The first-order valence-corrected chi connectivity index (χ1v) is 18.4. The Morgan fingerprint density at radius 2 is 1.80 bits per heavy atom. The molecule has 3 aromatic rings. The number of carbonyl (C=O) groups is 1. The van der Waals surface area contributed by atoms with E-state index in [-0.39, 0.29) is 36.4 Å². The number of nitrogens with zero attached hydrogens (tertiary/aromatic N) is 4. The van der Waals surface area contributed by atoms with Crippen molar-refractivity contribution >= 4 is 54.5 Å². The van der Waals surface area contributed by atoms with Crippen molar-refractivity contribution < 1.29 is 32.5 Å². The zero-order valence-corrected chi connectivity index (χ0v) is 30.3. The van der Waals surface area contributed by atoms with Crippen molar-refractivity contribution in [2.24, 2.45) is 16.8 Å². The Kier molecular flexibility index (Phi) is 11.2. The molecule has 0 amide bonds. The molecule has 0 fully saturated rings. The number of carbonyl (C=O) groups excluding carboxylic acids is 1. The van der Waals surface area contributed by atoms with Crippen LogP contribution in [0.15, 0.2) is 80.2 Å². The van der Waals surface area contributed by atoms with E-state index in [0.29, 0.717) is 51.5 Å². The summed E-state index contributed by atoms with van der Waals surface area (Å²) in [5, 5.41) is 33.0. The summed E-state index contributed by atoms with van der Waals surface area (Å²) >= 11 is 3.59. The first kappa shape index (κ1) is 37.1. The first-order valence-electron chi connectivity index (χ1n) is 16.1. The normalized spacial score (nSPS) is 18.7. The van der Waals surface area contributed by atoms with Crippen molar-refractivity contribution in [1.82, 2.24) is 0 Å². The second-order valence-corrected chi connectivity index (χ2v) is 14.7. The topological polar surface area (TPSA) is 204 Å². The average Bonchev–Trinajstić information content (AvgIpc) is 3.07. The Hall–Kier alpha value is -5.14. The van der Waals surface area contributed by atoms with E-state index >= 15 is 0 Å². The maximum Gasteiger partial charge on any atom is 0.296 e. The SMILES string of the molecule is CCCC1CC(=O)C2=C(C1)N=C(C)C(C#N)C2c1cc(Br)c(OCc2ccccc2NS(=O)(=O)c2ccc([N+](=O)[O-])cc2[N+](=O)[O-])c(OCC)c1. The number of nitrogens with one attached hydrogen (secondary N) is 1. The number of nitro benzene ring substituents is 2. The van der Waals surface area contributed by atoms with Crippen LogP contribution in [-0.2, 0) is 21.4 Å². The predicted octanol–water partition coefficient (Wildman–Crippen LogP) is 7.78. The number of nitro groups is 2. The van der Waals surface area contributed by atoms with Crippen LogP contribution in [0, 0.1) is 43.4 Å². The van der Waals surface area contributed by atoms with Crippen molar-refractivity contribution in [2.75, 3.05) is 11.3 Å². The fourth-order valence-corrected chi connectivity index (χ4v) is 8.36. The van der Waals surface area contributed by atoms with Gasteiger partial charge >= 0.3 is 0 Å². The Labute approximate surface area is 302 Å². The van der Waals surface area contributed by atoms with Gasteiger partial charge in [-0.2, -0.15) is 5.26 Å². The summed E-state index contributed by atoms with van der Waals surface area (Å²) < 4.78 is 41.7. The van der Waals surface area contributed by atoms with Crippen molar-refractivity contribution in [3.05, 3.63) is 102 Å². The lowest BCUT2D eigenvalue weighted by molar-refractivity contribution is -0.396. The van der Waals surface area contributed by atoms with Crippen LogP contribution in [0.5, 0.6) is 11.5 Å². The Morgan fingerprint density at radius 3 is 2.47 bits per heavy atom. The largest absolute Gasteiger partial charge is 0.490 e. The van der Waals surface area contributed by atoms with E-state index in [1.165, 1.54) is 6.07 Å². The smallest absolute Gasteiger partial charge is 0.296 e. The van der Waals surface area contributed by atoms with E-state index in [9.17, 15) is 38.7 Å². The second-order valence-electron chi connectivity index (χ2n) is 12.2. The number of aliphatic imine (C=N–C) groups is 1. The van der Waals surface area contributed by atoms with E-state index in [4.69, 9.17) is 14.5 Å². The molecule has 51 heavy (non-hydrogen) atoms. The van der Waals surface area contributed by atoms with Gasteiger partial charge in [0.15, 0.2) is 22.2 Å². The summed E-state index contributed by atoms with van der Waals surface area (Å²) in [6.45, 7) is 5.76.